The van der Waals surface area contributed by atoms with Gasteiger partial charge < -0.3 is 0 Å². The predicted molar refractivity (Wildman–Crippen MR) is 124 cm³/mol. The number of halogens is 1. The Morgan fingerprint density at radius 2 is 1.79 bits per heavy atom. The smallest absolute Gasteiger partial charge is 0.233 e. The lowest BCUT2D eigenvalue weighted by molar-refractivity contribution is -0.118. The maximum Gasteiger partial charge on any atom is 0.233 e. The highest BCUT2D eigenvalue weighted by Crippen LogP contribution is 2.32. The van der Waals surface area contributed by atoms with Crippen molar-refractivity contribution in [2.75, 3.05) is 11.2 Å². The molecule has 0 aliphatic rings. The number of thioether (sulfide) groups is 1. The van der Waals surface area contributed by atoms with Crippen molar-refractivity contribution in [1.29, 1.82) is 0 Å². The molecule has 0 radical (unpaired) electrons. The maximum absolute atomic E-state index is 13.3. The van der Waals surface area contributed by atoms with Crippen molar-refractivity contribution in [1.82, 2.24) is 4.98 Å². The summed E-state index contributed by atoms with van der Waals surface area (Å²) in [5.74, 6) is 0.0240. The van der Waals surface area contributed by atoms with Gasteiger partial charge in [0.1, 0.15) is 0 Å². The molecule has 4 rings (SSSR count). The van der Waals surface area contributed by atoms with Gasteiger partial charge in [-0.05, 0) is 47.7 Å². The van der Waals surface area contributed by atoms with Gasteiger partial charge >= 0.3 is 0 Å². The van der Waals surface area contributed by atoms with Crippen LogP contribution >= 0.6 is 34.7 Å². The van der Waals surface area contributed by atoms with Crippen molar-refractivity contribution in [3.63, 3.8) is 0 Å². The number of amides is 1. The van der Waals surface area contributed by atoms with Crippen molar-refractivity contribution < 1.29 is 4.79 Å². The largest absolute Gasteiger partial charge is 0.283 e. The Balaban J connectivity index is 1.65. The maximum atomic E-state index is 13.3. The summed E-state index contributed by atoms with van der Waals surface area (Å²) in [6, 6.07) is 23.7. The first-order valence-corrected chi connectivity index (χ1v) is 11.6. The summed E-state index contributed by atoms with van der Waals surface area (Å²) < 4.78 is 0.975. The van der Waals surface area contributed by atoms with Gasteiger partial charge in [-0.25, -0.2) is 4.98 Å². The fraction of sp³-hybridized carbons (Fsp3) is 0.130. The molecule has 0 aliphatic heterocycles. The summed E-state index contributed by atoms with van der Waals surface area (Å²) in [5, 5.41) is 1.36. The number of carbonyl (C=O) groups excluding carboxylic acids is 1. The fourth-order valence-corrected chi connectivity index (χ4v) is 4.71. The molecule has 0 spiro atoms. The monoisotopic (exact) mass is 438 g/mol. The Hall–Kier alpha value is -2.34. The molecule has 1 aromatic heterocycles. The third-order valence-electron chi connectivity index (χ3n) is 4.57. The van der Waals surface area contributed by atoms with Crippen LogP contribution in [0.1, 0.15) is 11.1 Å². The van der Waals surface area contributed by atoms with E-state index in [4.69, 9.17) is 16.6 Å². The topological polar surface area (TPSA) is 33.2 Å². The van der Waals surface area contributed by atoms with Gasteiger partial charge in [-0.1, -0.05) is 65.4 Å². The third kappa shape index (κ3) is 4.81. The molecule has 0 saturated carbocycles. The molecule has 3 aromatic carbocycles. The van der Waals surface area contributed by atoms with Gasteiger partial charge in [0.2, 0.25) is 5.91 Å². The Kier molecular flexibility index (Phi) is 6.19. The zero-order valence-electron chi connectivity index (χ0n) is 15.8. The van der Waals surface area contributed by atoms with Crippen LogP contribution in [0, 0.1) is 0 Å². The first-order valence-electron chi connectivity index (χ1n) is 9.16. The van der Waals surface area contributed by atoms with Crippen molar-refractivity contribution in [3.8, 4) is 0 Å². The summed E-state index contributed by atoms with van der Waals surface area (Å²) in [6.07, 6.45) is 2.37. The van der Waals surface area contributed by atoms with Crippen LogP contribution in [0.2, 0.25) is 5.02 Å². The predicted octanol–water partition coefficient (Wildman–Crippen LogP) is 6.45. The standard InChI is InChI=1S/C23H19ClN2OS2/c1-28-19-10-7-16(8-11-19)13-22(27)26(15-17-5-3-2-4-6-17)23-25-20-12-9-18(24)14-21(20)29-23/h2-12,14H,13,15H2,1H3. The van der Waals surface area contributed by atoms with Crippen molar-refractivity contribution >= 4 is 56.0 Å². The van der Waals surface area contributed by atoms with Crippen LogP contribution < -0.4 is 4.90 Å². The van der Waals surface area contributed by atoms with E-state index < -0.39 is 0 Å². The minimum atomic E-state index is 0.0240. The third-order valence-corrected chi connectivity index (χ3v) is 6.59. The number of thiazole rings is 1. The molecule has 4 aromatic rings. The number of aromatic nitrogens is 1. The molecule has 0 saturated heterocycles. The van der Waals surface area contributed by atoms with Crippen molar-refractivity contribution in [2.24, 2.45) is 0 Å². The van der Waals surface area contributed by atoms with Crippen LogP contribution in [0.4, 0.5) is 5.13 Å². The molecule has 146 valence electrons. The number of hydrogen-bond acceptors (Lipinski definition) is 4. The first kappa shape index (κ1) is 20.0. The van der Waals surface area contributed by atoms with Crippen LogP contribution in [-0.4, -0.2) is 17.1 Å². The molecule has 0 unspecified atom stereocenters. The van der Waals surface area contributed by atoms with Crippen LogP contribution in [0.25, 0.3) is 10.2 Å². The number of nitrogens with zero attached hydrogens (tertiary/aromatic N) is 2. The lowest BCUT2D eigenvalue weighted by Crippen LogP contribution is -2.31. The van der Waals surface area contributed by atoms with E-state index in [1.54, 1.807) is 16.7 Å². The molecule has 6 heteroatoms. The molecule has 3 nitrogen and oxygen atoms in total. The molecule has 0 atom stereocenters. The number of carbonyl (C=O) groups is 1. The average molecular weight is 439 g/mol. The minimum absolute atomic E-state index is 0.0240. The number of fused-ring (bicyclic) bond motifs is 1. The minimum Gasteiger partial charge on any atom is -0.283 e. The normalized spacial score (nSPS) is 11.0. The SMILES string of the molecule is CSc1ccc(CC(=O)N(Cc2ccccc2)c2nc3ccc(Cl)cc3s2)cc1. The number of hydrogen-bond donors (Lipinski definition) is 0. The second-order valence-corrected chi connectivity index (χ2v) is 8.92. The van der Waals surface area contributed by atoms with Gasteiger partial charge in [-0.2, -0.15) is 0 Å². The molecule has 1 heterocycles. The Labute approximate surface area is 183 Å². The lowest BCUT2D eigenvalue weighted by atomic mass is 10.1. The van der Waals surface area contributed by atoms with E-state index in [1.165, 1.54) is 16.2 Å². The van der Waals surface area contributed by atoms with Crippen LogP contribution in [-0.2, 0) is 17.8 Å². The van der Waals surface area contributed by atoms with Gasteiger partial charge in [0.05, 0.1) is 23.2 Å². The number of anilines is 1. The molecule has 0 aliphatic carbocycles. The quantitative estimate of drug-likeness (QED) is 0.324. The highest BCUT2D eigenvalue weighted by Gasteiger charge is 2.20. The van der Waals surface area contributed by atoms with E-state index in [1.807, 2.05) is 66.9 Å². The highest BCUT2D eigenvalue weighted by molar-refractivity contribution is 7.98. The van der Waals surface area contributed by atoms with Gasteiger partial charge in [-0.3, -0.25) is 9.69 Å². The summed E-state index contributed by atoms with van der Waals surface area (Å²) in [4.78, 5) is 20.9. The average Bonchev–Trinajstić information content (AvgIpc) is 3.16. The van der Waals surface area contributed by atoms with Crippen LogP contribution in [0.5, 0.6) is 0 Å². The van der Waals surface area contributed by atoms with E-state index in [2.05, 4.69) is 12.1 Å². The van der Waals surface area contributed by atoms with E-state index in [-0.39, 0.29) is 5.91 Å². The molecule has 0 N–H and O–H groups in total. The number of rotatable bonds is 6. The lowest BCUT2D eigenvalue weighted by Gasteiger charge is -2.20. The van der Waals surface area contributed by atoms with Gasteiger partial charge in [0, 0.05) is 9.92 Å². The fourth-order valence-electron chi connectivity index (χ4n) is 3.04. The van der Waals surface area contributed by atoms with E-state index in [0.29, 0.717) is 23.1 Å². The Morgan fingerprint density at radius 3 is 2.52 bits per heavy atom. The Bertz CT molecular complexity index is 1130. The van der Waals surface area contributed by atoms with Gasteiger partial charge in [-0.15, -0.1) is 11.8 Å². The molecule has 29 heavy (non-hydrogen) atoms. The second-order valence-electron chi connectivity index (χ2n) is 6.60. The second kappa shape index (κ2) is 8.99. The summed E-state index contributed by atoms with van der Waals surface area (Å²) in [5.41, 5.74) is 2.91. The zero-order chi connectivity index (χ0) is 20.2. The van der Waals surface area contributed by atoms with Crippen LogP contribution in [0.15, 0.2) is 77.7 Å². The molecule has 0 bridgehead atoms. The van der Waals surface area contributed by atoms with Crippen molar-refractivity contribution in [3.05, 3.63) is 88.9 Å². The molecule has 0 fully saturated rings. The van der Waals surface area contributed by atoms with Gasteiger partial charge in [0.15, 0.2) is 5.13 Å². The van der Waals surface area contributed by atoms with E-state index in [0.717, 1.165) is 21.3 Å². The van der Waals surface area contributed by atoms with Crippen LogP contribution in [0.3, 0.4) is 0 Å². The van der Waals surface area contributed by atoms with Crippen molar-refractivity contribution in [2.45, 2.75) is 17.9 Å². The summed E-state index contributed by atoms with van der Waals surface area (Å²) >= 11 is 9.31. The molecular formula is C23H19ClN2OS2. The van der Waals surface area contributed by atoms with E-state index >= 15 is 0 Å². The van der Waals surface area contributed by atoms with E-state index in [9.17, 15) is 4.79 Å². The first-order chi connectivity index (χ1) is 14.1. The summed E-state index contributed by atoms with van der Waals surface area (Å²) in [6.45, 7) is 0.482. The molecular weight excluding hydrogens is 420 g/mol. The molecule has 1 amide bonds. The van der Waals surface area contributed by atoms with Gasteiger partial charge in [0.25, 0.3) is 0 Å². The zero-order valence-corrected chi connectivity index (χ0v) is 18.2. The number of benzene rings is 3. The Morgan fingerprint density at radius 1 is 1.03 bits per heavy atom. The summed E-state index contributed by atoms with van der Waals surface area (Å²) in [7, 11) is 0. The highest BCUT2D eigenvalue weighted by atomic mass is 35.5.